The molecule has 0 aliphatic rings. The third-order valence-corrected chi connectivity index (χ3v) is 1.90. The predicted octanol–water partition coefficient (Wildman–Crippen LogP) is 0.822. The molecule has 76 valence electrons. The Kier molecular flexibility index (Phi) is 3.91. The molecule has 0 heterocycles. The van der Waals surface area contributed by atoms with E-state index in [2.05, 4.69) is 0 Å². The van der Waals surface area contributed by atoms with Crippen LogP contribution in [0.15, 0.2) is 18.2 Å². The fourth-order valence-electron chi connectivity index (χ4n) is 1.22. The number of benzene rings is 1. The summed E-state index contributed by atoms with van der Waals surface area (Å²) < 4.78 is 28.3. The van der Waals surface area contributed by atoms with E-state index in [4.69, 9.17) is 14.0 Å². The first-order chi connectivity index (χ1) is 6.74. The van der Waals surface area contributed by atoms with Crippen LogP contribution in [0.25, 0.3) is 0 Å². The number of ether oxygens (including phenoxy) is 1. The van der Waals surface area contributed by atoms with Crippen molar-refractivity contribution in [2.45, 2.75) is 0 Å². The molecule has 0 aliphatic carbocycles. The Morgan fingerprint density at radius 3 is 2.29 bits per heavy atom. The topological polar surface area (TPSA) is 27.7 Å². The highest BCUT2D eigenvalue weighted by Gasteiger charge is 2.23. The molecule has 3 nitrogen and oxygen atoms in total. The number of halogens is 1. The maximum atomic E-state index is 13.6. The van der Waals surface area contributed by atoms with E-state index in [0.29, 0.717) is 5.46 Å². The maximum Gasteiger partial charge on any atom is 0.496 e. The summed E-state index contributed by atoms with van der Waals surface area (Å²) in [5.74, 6) is -0.273. The van der Waals surface area contributed by atoms with Gasteiger partial charge in [0.1, 0.15) is 0 Å². The van der Waals surface area contributed by atoms with Crippen molar-refractivity contribution in [1.29, 1.82) is 0 Å². The average molecular weight is 198 g/mol. The molecule has 1 aromatic carbocycles. The van der Waals surface area contributed by atoms with Crippen molar-refractivity contribution >= 4 is 12.6 Å². The summed E-state index contributed by atoms with van der Waals surface area (Å²) in [7, 11) is 3.61. The van der Waals surface area contributed by atoms with Crippen molar-refractivity contribution in [2.24, 2.45) is 0 Å². The lowest BCUT2D eigenvalue weighted by atomic mass is 9.78. The lowest BCUT2D eigenvalue weighted by molar-refractivity contribution is 0.290. The van der Waals surface area contributed by atoms with E-state index in [1.807, 2.05) is 0 Å². The van der Waals surface area contributed by atoms with Gasteiger partial charge in [0, 0.05) is 19.7 Å². The molecule has 0 amide bonds. The monoisotopic (exact) mass is 198 g/mol. The average Bonchev–Trinajstić information content (AvgIpc) is 2.22. The second-order valence-electron chi connectivity index (χ2n) is 2.67. The zero-order chi connectivity index (χ0) is 10.6. The molecule has 14 heavy (non-hydrogen) atoms. The Morgan fingerprint density at radius 2 is 1.79 bits per heavy atom. The van der Waals surface area contributed by atoms with Crippen molar-refractivity contribution < 1.29 is 18.4 Å². The maximum absolute atomic E-state index is 13.6. The zero-order valence-electron chi connectivity index (χ0n) is 8.41. The van der Waals surface area contributed by atoms with E-state index < -0.39 is 12.9 Å². The highest BCUT2D eigenvalue weighted by Crippen LogP contribution is 2.13. The van der Waals surface area contributed by atoms with Gasteiger partial charge < -0.3 is 14.0 Å². The summed E-state index contributed by atoms with van der Waals surface area (Å²) in [6.45, 7) is 0. The molecule has 0 spiro atoms. The first kappa shape index (κ1) is 11.0. The highest BCUT2D eigenvalue weighted by atomic mass is 19.1. The molecule has 0 unspecified atom stereocenters. The van der Waals surface area contributed by atoms with Gasteiger partial charge in [-0.3, -0.25) is 0 Å². The van der Waals surface area contributed by atoms with Crippen LogP contribution in [-0.4, -0.2) is 28.4 Å². The van der Waals surface area contributed by atoms with Gasteiger partial charge in [-0.25, -0.2) is 4.39 Å². The molecule has 0 bridgehead atoms. The summed E-state index contributed by atoms with van der Waals surface area (Å²) in [6, 6.07) is 4.82. The van der Waals surface area contributed by atoms with Gasteiger partial charge in [-0.05, 0) is 6.07 Å². The van der Waals surface area contributed by atoms with Crippen LogP contribution in [0, 0.1) is 5.82 Å². The Labute approximate surface area is 82.9 Å². The van der Waals surface area contributed by atoms with Gasteiger partial charge in [-0.2, -0.15) is 0 Å². The second-order valence-corrected chi connectivity index (χ2v) is 2.67. The standard InChI is InChI=1S/C9H12BFO3/c1-12-8-6-4-5-7(9(8)11)10(13-2)14-3/h4-6H,1-3H3. The first-order valence-corrected chi connectivity index (χ1v) is 4.12. The summed E-state index contributed by atoms with van der Waals surface area (Å²) in [5.41, 5.74) is 0.328. The van der Waals surface area contributed by atoms with Gasteiger partial charge in [0.2, 0.25) is 0 Å². The normalized spacial score (nSPS) is 10.0. The lowest BCUT2D eigenvalue weighted by Crippen LogP contribution is -2.37. The number of hydrogen-bond donors (Lipinski definition) is 0. The van der Waals surface area contributed by atoms with E-state index >= 15 is 0 Å². The SMILES string of the molecule is COB(OC)c1cccc(OC)c1F. The fourth-order valence-corrected chi connectivity index (χ4v) is 1.22. The highest BCUT2D eigenvalue weighted by molar-refractivity contribution is 6.61. The van der Waals surface area contributed by atoms with Gasteiger partial charge in [0.15, 0.2) is 11.6 Å². The van der Waals surface area contributed by atoms with Gasteiger partial charge in [-0.1, -0.05) is 12.1 Å². The van der Waals surface area contributed by atoms with Gasteiger partial charge in [0.05, 0.1) is 7.11 Å². The minimum Gasteiger partial charge on any atom is -0.494 e. The van der Waals surface area contributed by atoms with Crippen LogP contribution >= 0.6 is 0 Å². The molecular formula is C9H12BFO3. The van der Waals surface area contributed by atoms with Crippen molar-refractivity contribution in [2.75, 3.05) is 21.3 Å². The molecule has 0 saturated carbocycles. The van der Waals surface area contributed by atoms with Gasteiger partial charge >= 0.3 is 7.12 Å². The molecule has 0 radical (unpaired) electrons. The van der Waals surface area contributed by atoms with E-state index in [0.717, 1.165) is 0 Å². The molecular weight excluding hydrogens is 186 g/mol. The zero-order valence-corrected chi connectivity index (χ0v) is 8.41. The number of hydrogen-bond acceptors (Lipinski definition) is 3. The Balaban J connectivity index is 3.07. The van der Waals surface area contributed by atoms with Crippen molar-refractivity contribution in [1.82, 2.24) is 0 Å². The molecule has 0 atom stereocenters. The largest absolute Gasteiger partial charge is 0.496 e. The minimum atomic E-state index is -0.704. The van der Waals surface area contributed by atoms with E-state index in [1.54, 1.807) is 18.2 Å². The summed E-state index contributed by atoms with van der Waals surface area (Å²) in [5, 5.41) is 0. The minimum absolute atomic E-state index is 0.182. The van der Waals surface area contributed by atoms with Crippen LogP contribution in [0.5, 0.6) is 5.75 Å². The van der Waals surface area contributed by atoms with Crippen molar-refractivity contribution in [3.8, 4) is 5.75 Å². The van der Waals surface area contributed by atoms with Gasteiger partial charge in [-0.15, -0.1) is 0 Å². The van der Waals surface area contributed by atoms with Crippen LogP contribution in [0.1, 0.15) is 0 Å². The second kappa shape index (κ2) is 4.98. The summed E-state index contributed by atoms with van der Waals surface area (Å²) >= 11 is 0. The lowest BCUT2D eigenvalue weighted by Gasteiger charge is -2.11. The number of methoxy groups -OCH3 is 1. The molecule has 0 saturated heterocycles. The fraction of sp³-hybridized carbons (Fsp3) is 0.333. The molecule has 1 rings (SSSR count). The summed E-state index contributed by atoms with van der Waals surface area (Å²) in [4.78, 5) is 0. The van der Waals surface area contributed by atoms with Gasteiger partial charge in [0.25, 0.3) is 0 Å². The van der Waals surface area contributed by atoms with Crippen LogP contribution in [0.4, 0.5) is 4.39 Å². The first-order valence-electron chi connectivity index (χ1n) is 4.12. The smallest absolute Gasteiger partial charge is 0.494 e. The third kappa shape index (κ3) is 2.05. The number of rotatable bonds is 4. The molecule has 0 fully saturated rings. The molecule has 0 N–H and O–H groups in total. The van der Waals surface area contributed by atoms with E-state index in [-0.39, 0.29) is 5.75 Å². The Morgan fingerprint density at radius 1 is 1.14 bits per heavy atom. The Bertz CT molecular complexity index is 302. The van der Waals surface area contributed by atoms with Crippen LogP contribution in [-0.2, 0) is 9.31 Å². The third-order valence-electron chi connectivity index (χ3n) is 1.90. The van der Waals surface area contributed by atoms with Crippen LogP contribution < -0.4 is 10.2 Å². The van der Waals surface area contributed by atoms with Crippen molar-refractivity contribution in [3.05, 3.63) is 24.0 Å². The van der Waals surface area contributed by atoms with E-state index in [9.17, 15) is 4.39 Å². The predicted molar refractivity (Wildman–Crippen MR) is 52.4 cm³/mol. The van der Waals surface area contributed by atoms with E-state index in [1.165, 1.54) is 21.3 Å². The molecule has 0 aliphatic heterocycles. The van der Waals surface area contributed by atoms with Crippen LogP contribution in [0.2, 0.25) is 0 Å². The Hall–Kier alpha value is -1.07. The van der Waals surface area contributed by atoms with Crippen molar-refractivity contribution in [3.63, 3.8) is 0 Å². The quantitative estimate of drug-likeness (QED) is 0.670. The molecule has 0 aromatic heterocycles. The molecule has 1 aromatic rings. The molecule has 5 heteroatoms. The summed E-state index contributed by atoms with van der Waals surface area (Å²) in [6.07, 6.45) is 0. The van der Waals surface area contributed by atoms with Crippen LogP contribution in [0.3, 0.4) is 0 Å².